The van der Waals surface area contributed by atoms with E-state index >= 15 is 0 Å². The predicted octanol–water partition coefficient (Wildman–Crippen LogP) is 0.570. The van der Waals surface area contributed by atoms with E-state index in [2.05, 4.69) is 4.98 Å². The van der Waals surface area contributed by atoms with Crippen LogP contribution >= 0.6 is 0 Å². The highest BCUT2D eigenvalue weighted by atomic mass is 16.7. The van der Waals surface area contributed by atoms with Crippen molar-refractivity contribution in [1.29, 1.82) is 0 Å². The first-order valence-corrected chi connectivity index (χ1v) is 5.16. The number of nitrogens with zero attached hydrogens (tertiary/aromatic N) is 2. The molecule has 0 saturated heterocycles. The summed E-state index contributed by atoms with van der Waals surface area (Å²) >= 11 is 0. The van der Waals surface area contributed by atoms with Gasteiger partial charge in [-0.3, -0.25) is 4.79 Å². The Hall–Kier alpha value is -2.63. The fourth-order valence-corrected chi connectivity index (χ4v) is 1.36. The van der Waals surface area contributed by atoms with Crippen LogP contribution in [0.15, 0.2) is 47.5 Å². The molecule has 0 spiro atoms. The fourth-order valence-electron chi connectivity index (χ4n) is 1.36. The maximum atomic E-state index is 11.6. The van der Waals surface area contributed by atoms with Gasteiger partial charge >= 0.3 is 11.5 Å². The number of benzene rings is 1. The molecule has 2 rings (SSSR count). The van der Waals surface area contributed by atoms with E-state index < -0.39 is 17.2 Å². The molecule has 0 aliphatic heterocycles. The number of carboxylic acid groups (broad SMARTS) is 1. The molecule has 0 fully saturated rings. The lowest BCUT2D eigenvalue weighted by molar-refractivity contribution is 0.0657. The number of hydrogen-bond donors (Lipinski definition) is 1. The summed E-state index contributed by atoms with van der Waals surface area (Å²) < 4.78 is 0.865. The molecule has 1 aromatic carbocycles. The summed E-state index contributed by atoms with van der Waals surface area (Å²) in [5, 5.41) is 8.74. The van der Waals surface area contributed by atoms with Gasteiger partial charge in [-0.1, -0.05) is 30.3 Å². The molecule has 0 bridgehead atoms. The van der Waals surface area contributed by atoms with Crippen molar-refractivity contribution in [3.8, 4) is 0 Å². The summed E-state index contributed by atoms with van der Waals surface area (Å²) in [6.45, 7) is 0.170. The topological polar surface area (TPSA) is 81.4 Å². The Bertz CT molecular complexity index is 607. The first-order valence-electron chi connectivity index (χ1n) is 5.16. The van der Waals surface area contributed by atoms with Crippen LogP contribution in [0.25, 0.3) is 0 Å². The van der Waals surface area contributed by atoms with E-state index in [9.17, 15) is 9.59 Å². The van der Waals surface area contributed by atoms with Crippen LogP contribution in [0.4, 0.5) is 0 Å². The van der Waals surface area contributed by atoms with E-state index in [1.54, 1.807) is 0 Å². The molecular weight excluding hydrogens is 236 g/mol. The number of hydrogen-bond acceptors (Lipinski definition) is 4. The Kier molecular flexibility index (Phi) is 3.38. The van der Waals surface area contributed by atoms with Crippen LogP contribution < -0.4 is 10.4 Å². The zero-order valence-electron chi connectivity index (χ0n) is 9.31. The lowest BCUT2D eigenvalue weighted by atomic mass is 10.2. The van der Waals surface area contributed by atoms with Crippen LogP contribution in [0.5, 0.6) is 0 Å². The lowest BCUT2D eigenvalue weighted by Crippen LogP contribution is -2.31. The predicted molar refractivity (Wildman–Crippen MR) is 62.2 cm³/mol. The van der Waals surface area contributed by atoms with Crippen LogP contribution in [0.1, 0.15) is 16.1 Å². The van der Waals surface area contributed by atoms with Gasteiger partial charge in [0.2, 0.25) is 5.69 Å². The standard InChI is InChI=1S/C12H10N2O4/c15-11-10(12(16)17)13-6-7-14(11)18-8-9-4-2-1-3-5-9/h1-7H,8H2,(H,16,17). The summed E-state index contributed by atoms with van der Waals surface area (Å²) in [5.74, 6) is -1.38. The van der Waals surface area contributed by atoms with Crippen LogP contribution in [0.3, 0.4) is 0 Å². The highest BCUT2D eigenvalue weighted by molar-refractivity contribution is 5.84. The third-order valence-corrected chi connectivity index (χ3v) is 2.22. The van der Waals surface area contributed by atoms with Gasteiger partial charge < -0.3 is 9.94 Å². The summed E-state index contributed by atoms with van der Waals surface area (Å²) in [6, 6.07) is 9.23. The molecule has 92 valence electrons. The Balaban J connectivity index is 2.18. The van der Waals surface area contributed by atoms with E-state index in [1.807, 2.05) is 30.3 Å². The molecule has 0 radical (unpaired) electrons. The van der Waals surface area contributed by atoms with Crippen molar-refractivity contribution in [2.24, 2.45) is 0 Å². The maximum Gasteiger partial charge on any atom is 0.360 e. The normalized spacial score (nSPS) is 10.0. The van der Waals surface area contributed by atoms with Crippen molar-refractivity contribution in [3.63, 3.8) is 0 Å². The van der Waals surface area contributed by atoms with Gasteiger partial charge in [0.15, 0.2) is 0 Å². The van der Waals surface area contributed by atoms with Gasteiger partial charge in [0.25, 0.3) is 0 Å². The number of carbonyl (C=O) groups is 1. The van der Waals surface area contributed by atoms with Crippen molar-refractivity contribution in [1.82, 2.24) is 9.71 Å². The number of aromatic nitrogens is 2. The molecule has 0 aliphatic rings. The van der Waals surface area contributed by atoms with Gasteiger partial charge in [-0.15, -0.1) is 4.73 Å². The van der Waals surface area contributed by atoms with Crippen molar-refractivity contribution in [3.05, 3.63) is 64.3 Å². The minimum atomic E-state index is -1.38. The third-order valence-electron chi connectivity index (χ3n) is 2.22. The average molecular weight is 246 g/mol. The minimum absolute atomic E-state index is 0.170. The molecule has 6 nitrogen and oxygen atoms in total. The molecule has 6 heteroatoms. The first-order chi connectivity index (χ1) is 8.68. The molecular formula is C12H10N2O4. The Morgan fingerprint density at radius 2 is 2.06 bits per heavy atom. The van der Waals surface area contributed by atoms with E-state index in [1.165, 1.54) is 12.4 Å². The third kappa shape index (κ3) is 2.54. The largest absolute Gasteiger partial charge is 0.476 e. The second-order valence-electron chi connectivity index (χ2n) is 3.47. The van der Waals surface area contributed by atoms with Gasteiger partial charge in [0, 0.05) is 6.20 Å². The summed E-state index contributed by atoms with van der Waals surface area (Å²) in [6.07, 6.45) is 2.48. The number of aromatic carboxylic acids is 1. The average Bonchev–Trinajstić information content (AvgIpc) is 2.38. The van der Waals surface area contributed by atoms with Crippen molar-refractivity contribution < 1.29 is 14.7 Å². The highest BCUT2D eigenvalue weighted by Crippen LogP contribution is 1.98. The number of carboxylic acids is 1. The molecule has 0 unspecified atom stereocenters. The zero-order valence-corrected chi connectivity index (χ0v) is 9.31. The quantitative estimate of drug-likeness (QED) is 0.852. The summed E-state index contributed by atoms with van der Waals surface area (Å²) in [7, 11) is 0. The monoisotopic (exact) mass is 246 g/mol. The van der Waals surface area contributed by atoms with Crippen LogP contribution in [0.2, 0.25) is 0 Å². The molecule has 0 aliphatic carbocycles. The molecule has 0 atom stereocenters. The summed E-state index contributed by atoms with van der Waals surface area (Å²) in [4.78, 5) is 31.0. The van der Waals surface area contributed by atoms with Crippen LogP contribution in [0, 0.1) is 0 Å². The smallest absolute Gasteiger partial charge is 0.360 e. The van der Waals surface area contributed by atoms with Gasteiger partial charge in [0.1, 0.15) is 6.61 Å². The Labute approximate surface area is 102 Å². The van der Waals surface area contributed by atoms with E-state index in [0.29, 0.717) is 0 Å². The Morgan fingerprint density at radius 3 is 2.72 bits per heavy atom. The second kappa shape index (κ2) is 5.13. The molecule has 2 aromatic rings. The number of rotatable bonds is 4. The van der Waals surface area contributed by atoms with Gasteiger partial charge in [-0.2, -0.15) is 0 Å². The fraction of sp³-hybridized carbons (Fsp3) is 0.0833. The van der Waals surface area contributed by atoms with Gasteiger partial charge in [-0.05, 0) is 5.56 Å². The van der Waals surface area contributed by atoms with Crippen molar-refractivity contribution in [2.45, 2.75) is 6.61 Å². The molecule has 18 heavy (non-hydrogen) atoms. The molecule has 1 aromatic heterocycles. The molecule has 1 heterocycles. The second-order valence-corrected chi connectivity index (χ2v) is 3.47. The molecule has 0 amide bonds. The summed E-state index contributed by atoms with van der Waals surface area (Å²) in [5.41, 5.74) is -0.482. The zero-order chi connectivity index (χ0) is 13.0. The Morgan fingerprint density at radius 1 is 1.33 bits per heavy atom. The first kappa shape index (κ1) is 11.8. The van der Waals surface area contributed by atoms with Crippen LogP contribution in [-0.4, -0.2) is 20.8 Å². The lowest BCUT2D eigenvalue weighted by Gasteiger charge is -2.08. The van der Waals surface area contributed by atoms with Crippen LogP contribution in [-0.2, 0) is 6.61 Å². The van der Waals surface area contributed by atoms with E-state index in [4.69, 9.17) is 9.94 Å². The SMILES string of the molecule is O=C(O)c1nccn(OCc2ccccc2)c1=O. The maximum absolute atomic E-state index is 11.6. The molecule has 0 saturated carbocycles. The highest BCUT2D eigenvalue weighted by Gasteiger charge is 2.12. The van der Waals surface area contributed by atoms with E-state index in [-0.39, 0.29) is 6.61 Å². The van der Waals surface area contributed by atoms with Crippen molar-refractivity contribution >= 4 is 5.97 Å². The van der Waals surface area contributed by atoms with Crippen molar-refractivity contribution in [2.75, 3.05) is 0 Å². The molecule has 1 N–H and O–H groups in total. The minimum Gasteiger partial charge on any atom is -0.476 e. The van der Waals surface area contributed by atoms with E-state index in [0.717, 1.165) is 10.3 Å². The van der Waals surface area contributed by atoms with Gasteiger partial charge in [-0.25, -0.2) is 9.78 Å². The van der Waals surface area contributed by atoms with Gasteiger partial charge in [0.05, 0.1) is 6.20 Å².